The van der Waals surface area contributed by atoms with Gasteiger partial charge in [0.25, 0.3) is 0 Å². The Balaban J connectivity index is 1.64. The first kappa shape index (κ1) is 12.3. The molecule has 1 aromatic rings. The number of ether oxygens (including phenoxy) is 1. The van der Waals surface area contributed by atoms with E-state index in [-0.39, 0.29) is 0 Å². The third kappa shape index (κ3) is 2.36. The Hall–Kier alpha value is -0.730. The van der Waals surface area contributed by atoms with E-state index in [9.17, 15) is 0 Å². The van der Waals surface area contributed by atoms with E-state index >= 15 is 0 Å². The van der Waals surface area contributed by atoms with Gasteiger partial charge in [0.1, 0.15) is 5.75 Å². The fourth-order valence-corrected chi connectivity index (χ4v) is 3.82. The van der Waals surface area contributed by atoms with Crippen molar-refractivity contribution in [2.45, 2.75) is 38.3 Å². The molecule has 1 N–H and O–H groups in total. The maximum Gasteiger partial charge on any atom is 0.123 e. The Morgan fingerprint density at radius 2 is 2.22 bits per heavy atom. The third-order valence-corrected chi connectivity index (χ3v) is 4.77. The molecule has 3 atom stereocenters. The lowest BCUT2D eigenvalue weighted by molar-refractivity contribution is 0.346. The van der Waals surface area contributed by atoms with Crippen LogP contribution in [0.1, 0.15) is 31.2 Å². The van der Waals surface area contributed by atoms with Gasteiger partial charge < -0.3 is 10.1 Å². The highest BCUT2D eigenvalue weighted by atomic mass is 35.5. The van der Waals surface area contributed by atoms with E-state index in [1.54, 1.807) is 7.11 Å². The molecule has 0 amide bonds. The van der Waals surface area contributed by atoms with Crippen molar-refractivity contribution in [3.8, 4) is 5.75 Å². The molecular weight excluding hydrogens is 246 g/mol. The van der Waals surface area contributed by atoms with Crippen LogP contribution in [0.5, 0.6) is 5.75 Å². The van der Waals surface area contributed by atoms with E-state index in [2.05, 4.69) is 5.32 Å². The zero-order valence-corrected chi connectivity index (χ0v) is 11.5. The monoisotopic (exact) mass is 265 g/mol. The van der Waals surface area contributed by atoms with Crippen LogP contribution in [-0.2, 0) is 6.54 Å². The molecule has 2 aliphatic rings. The quantitative estimate of drug-likeness (QED) is 0.898. The summed E-state index contributed by atoms with van der Waals surface area (Å²) >= 11 is 6.05. The van der Waals surface area contributed by atoms with Crippen molar-refractivity contribution in [2.75, 3.05) is 7.11 Å². The summed E-state index contributed by atoms with van der Waals surface area (Å²) in [7, 11) is 1.71. The number of fused-ring (bicyclic) bond motifs is 2. The summed E-state index contributed by atoms with van der Waals surface area (Å²) in [5.41, 5.74) is 1.16. The van der Waals surface area contributed by atoms with Gasteiger partial charge in [-0.3, -0.25) is 0 Å². The molecule has 2 saturated carbocycles. The van der Waals surface area contributed by atoms with Crippen LogP contribution in [0.15, 0.2) is 18.2 Å². The fourth-order valence-electron chi connectivity index (χ4n) is 3.62. The largest absolute Gasteiger partial charge is 0.496 e. The average Bonchev–Trinajstić information content (AvgIpc) is 2.98. The van der Waals surface area contributed by atoms with E-state index in [1.807, 2.05) is 18.2 Å². The van der Waals surface area contributed by atoms with Gasteiger partial charge in [-0.05, 0) is 49.3 Å². The maximum atomic E-state index is 6.05. The van der Waals surface area contributed by atoms with Crippen LogP contribution in [0, 0.1) is 11.8 Å². The van der Waals surface area contributed by atoms with Crippen LogP contribution in [0.25, 0.3) is 0 Å². The molecule has 2 bridgehead atoms. The molecule has 1 aromatic carbocycles. The molecule has 0 heterocycles. The van der Waals surface area contributed by atoms with Crippen LogP contribution < -0.4 is 10.1 Å². The average molecular weight is 266 g/mol. The van der Waals surface area contributed by atoms with Gasteiger partial charge in [-0.25, -0.2) is 0 Å². The zero-order chi connectivity index (χ0) is 12.5. The van der Waals surface area contributed by atoms with Crippen LogP contribution in [0.4, 0.5) is 0 Å². The van der Waals surface area contributed by atoms with Gasteiger partial charge in [0.15, 0.2) is 0 Å². The molecule has 0 spiro atoms. The number of benzene rings is 1. The standard InChI is InChI=1S/C15H20ClNO/c1-18-15-5-4-13(16)8-12(15)9-17-14-7-10-2-3-11(14)6-10/h4-5,8,10-11,14,17H,2-3,6-7,9H2,1H3. The maximum absolute atomic E-state index is 6.05. The molecule has 0 aliphatic heterocycles. The number of halogens is 1. The van der Waals surface area contributed by atoms with Gasteiger partial charge in [0.05, 0.1) is 7.11 Å². The number of hydrogen-bond donors (Lipinski definition) is 1. The van der Waals surface area contributed by atoms with Crippen molar-refractivity contribution in [1.82, 2.24) is 5.32 Å². The Bertz CT molecular complexity index is 435. The van der Waals surface area contributed by atoms with E-state index in [1.165, 1.54) is 25.7 Å². The van der Waals surface area contributed by atoms with Gasteiger partial charge in [0.2, 0.25) is 0 Å². The van der Waals surface area contributed by atoms with Crippen LogP contribution in [-0.4, -0.2) is 13.2 Å². The topological polar surface area (TPSA) is 21.3 Å². The smallest absolute Gasteiger partial charge is 0.123 e. The van der Waals surface area contributed by atoms with Crippen molar-refractivity contribution in [3.05, 3.63) is 28.8 Å². The summed E-state index contributed by atoms with van der Waals surface area (Å²) in [4.78, 5) is 0. The minimum atomic E-state index is 0.701. The summed E-state index contributed by atoms with van der Waals surface area (Å²) < 4.78 is 5.38. The molecule has 2 aliphatic carbocycles. The van der Waals surface area contributed by atoms with Crippen LogP contribution in [0.2, 0.25) is 5.02 Å². The molecule has 98 valence electrons. The van der Waals surface area contributed by atoms with Crippen molar-refractivity contribution in [3.63, 3.8) is 0 Å². The predicted molar refractivity (Wildman–Crippen MR) is 74.1 cm³/mol. The molecule has 2 fully saturated rings. The lowest BCUT2D eigenvalue weighted by Crippen LogP contribution is -2.33. The summed E-state index contributed by atoms with van der Waals surface area (Å²) in [6.07, 6.45) is 5.65. The van der Waals surface area contributed by atoms with Gasteiger partial charge in [0, 0.05) is 23.2 Å². The number of methoxy groups -OCH3 is 1. The number of hydrogen-bond acceptors (Lipinski definition) is 2. The summed E-state index contributed by atoms with van der Waals surface area (Å²) in [5.74, 6) is 2.81. The normalized spacial score (nSPS) is 29.8. The molecule has 3 unspecified atom stereocenters. The summed E-state index contributed by atoms with van der Waals surface area (Å²) in [6.45, 7) is 0.859. The lowest BCUT2D eigenvalue weighted by Gasteiger charge is -2.23. The van der Waals surface area contributed by atoms with Gasteiger partial charge in [-0.1, -0.05) is 18.0 Å². The second-order valence-corrected chi connectivity index (χ2v) is 6.05. The lowest BCUT2D eigenvalue weighted by atomic mass is 9.95. The van der Waals surface area contributed by atoms with Crippen LogP contribution in [0.3, 0.4) is 0 Å². The summed E-state index contributed by atoms with van der Waals surface area (Å²) in [5, 5.41) is 4.47. The van der Waals surface area contributed by atoms with Crippen molar-refractivity contribution in [1.29, 1.82) is 0 Å². The first-order valence-electron chi connectivity index (χ1n) is 6.82. The van der Waals surface area contributed by atoms with Gasteiger partial charge in [-0.15, -0.1) is 0 Å². The Kier molecular flexibility index (Phi) is 3.49. The van der Waals surface area contributed by atoms with E-state index in [0.29, 0.717) is 6.04 Å². The molecule has 0 saturated heterocycles. The number of nitrogens with one attached hydrogen (secondary N) is 1. The van der Waals surface area contributed by atoms with Crippen molar-refractivity contribution >= 4 is 11.6 Å². The molecule has 3 rings (SSSR count). The minimum Gasteiger partial charge on any atom is -0.496 e. The minimum absolute atomic E-state index is 0.701. The second kappa shape index (κ2) is 5.10. The third-order valence-electron chi connectivity index (χ3n) is 4.54. The first-order valence-corrected chi connectivity index (χ1v) is 7.20. The molecular formula is C15H20ClNO. The zero-order valence-electron chi connectivity index (χ0n) is 10.8. The Morgan fingerprint density at radius 1 is 1.33 bits per heavy atom. The highest BCUT2D eigenvalue weighted by Gasteiger charge is 2.39. The molecule has 0 radical (unpaired) electrons. The van der Waals surface area contributed by atoms with Crippen molar-refractivity contribution in [2.24, 2.45) is 11.8 Å². The van der Waals surface area contributed by atoms with Gasteiger partial charge in [-0.2, -0.15) is 0 Å². The van der Waals surface area contributed by atoms with Gasteiger partial charge >= 0.3 is 0 Å². The van der Waals surface area contributed by atoms with E-state index < -0.39 is 0 Å². The number of rotatable bonds is 4. The Morgan fingerprint density at radius 3 is 2.89 bits per heavy atom. The molecule has 3 heteroatoms. The molecule has 0 aromatic heterocycles. The fraction of sp³-hybridized carbons (Fsp3) is 0.600. The molecule has 18 heavy (non-hydrogen) atoms. The highest BCUT2D eigenvalue weighted by molar-refractivity contribution is 6.30. The highest BCUT2D eigenvalue weighted by Crippen LogP contribution is 2.44. The first-order chi connectivity index (χ1) is 8.76. The SMILES string of the molecule is COc1ccc(Cl)cc1CNC1CC2CCC1C2. The van der Waals surface area contributed by atoms with Crippen molar-refractivity contribution < 1.29 is 4.74 Å². The Labute approximate surface area is 114 Å². The summed E-state index contributed by atoms with van der Waals surface area (Å²) in [6, 6.07) is 6.52. The van der Waals surface area contributed by atoms with E-state index in [0.717, 1.165) is 34.7 Å². The second-order valence-electron chi connectivity index (χ2n) is 5.62. The van der Waals surface area contributed by atoms with E-state index in [4.69, 9.17) is 16.3 Å². The van der Waals surface area contributed by atoms with Crippen LogP contribution >= 0.6 is 11.6 Å². The predicted octanol–water partition coefficient (Wildman–Crippen LogP) is 3.63. The molecule has 2 nitrogen and oxygen atoms in total.